The topological polar surface area (TPSA) is 44.3 Å². The molecule has 0 saturated carbocycles. The highest BCUT2D eigenvalue weighted by Gasteiger charge is 2.29. The van der Waals surface area contributed by atoms with Gasteiger partial charge in [-0.2, -0.15) is 0 Å². The molecule has 1 heterocycles. The van der Waals surface area contributed by atoms with Crippen LogP contribution in [0.25, 0.3) is 0 Å². The summed E-state index contributed by atoms with van der Waals surface area (Å²) in [7, 11) is 0. The Morgan fingerprint density at radius 2 is 2.04 bits per heavy atom. The smallest absolute Gasteiger partial charge is 0.0408 e. The second-order valence-corrected chi connectivity index (χ2v) is 6.99. The molecule has 3 N–H and O–H groups in total. The highest BCUT2D eigenvalue weighted by atomic mass is 35.5. The van der Waals surface area contributed by atoms with E-state index in [0.29, 0.717) is 5.92 Å². The van der Waals surface area contributed by atoms with Gasteiger partial charge in [0.05, 0.1) is 0 Å². The first-order chi connectivity index (χ1) is 11.3. The van der Waals surface area contributed by atoms with Crippen LogP contribution in [0.1, 0.15) is 42.7 Å². The van der Waals surface area contributed by atoms with Crippen LogP contribution in [-0.2, 0) is 6.42 Å². The van der Waals surface area contributed by atoms with Crippen molar-refractivity contribution in [1.82, 2.24) is 10.8 Å². The molecule has 23 heavy (non-hydrogen) atoms. The second kappa shape index (κ2) is 8.00. The molecule has 1 fully saturated rings. The highest BCUT2D eigenvalue weighted by molar-refractivity contribution is 6.30. The lowest BCUT2D eigenvalue weighted by Crippen LogP contribution is -2.31. The van der Waals surface area contributed by atoms with E-state index in [4.69, 9.17) is 16.8 Å². The van der Waals surface area contributed by atoms with E-state index in [1.807, 2.05) is 12.1 Å². The minimum absolute atomic E-state index is 0.577. The van der Waals surface area contributed by atoms with Gasteiger partial charge in [0.25, 0.3) is 0 Å². The van der Waals surface area contributed by atoms with E-state index in [-0.39, 0.29) is 0 Å². The van der Waals surface area contributed by atoms with Crippen LogP contribution in [0.3, 0.4) is 0 Å². The van der Waals surface area contributed by atoms with E-state index < -0.39 is 0 Å². The third-order valence-corrected chi connectivity index (χ3v) is 5.39. The summed E-state index contributed by atoms with van der Waals surface area (Å²) in [5.74, 6) is 1.31. The zero-order valence-corrected chi connectivity index (χ0v) is 14.1. The normalized spacial score (nSPS) is 24.6. The summed E-state index contributed by atoms with van der Waals surface area (Å²) in [6.45, 7) is 2.24. The van der Waals surface area contributed by atoms with Gasteiger partial charge in [0.15, 0.2) is 0 Å². The van der Waals surface area contributed by atoms with E-state index in [1.165, 1.54) is 29.5 Å². The summed E-state index contributed by atoms with van der Waals surface area (Å²) < 4.78 is 0. The number of halogens is 1. The van der Waals surface area contributed by atoms with Crippen LogP contribution >= 0.6 is 11.6 Å². The van der Waals surface area contributed by atoms with Crippen molar-refractivity contribution in [2.24, 2.45) is 5.92 Å². The van der Waals surface area contributed by atoms with Crippen LogP contribution in [0.4, 0.5) is 0 Å². The van der Waals surface area contributed by atoms with Gasteiger partial charge in [-0.05, 0) is 86.4 Å². The Morgan fingerprint density at radius 1 is 1.22 bits per heavy atom. The average molecular weight is 333 g/mol. The molecule has 1 atom stereocenters. The Kier molecular flexibility index (Phi) is 5.76. The van der Waals surface area contributed by atoms with Gasteiger partial charge in [-0.3, -0.25) is 10.7 Å². The van der Waals surface area contributed by atoms with E-state index >= 15 is 0 Å². The number of hydroxylamine groups is 1. The molecule has 4 heteroatoms. The monoisotopic (exact) mass is 332 g/mol. The highest BCUT2D eigenvalue weighted by Crippen LogP contribution is 2.41. The Balaban J connectivity index is 1.90. The van der Waals surface area contributed by atoms with Crippen molar-refractivity contribution in [3.63, 3.8) is 0 Å². The van der Waals surface area contributed by atoms with Gasteiger partial charge in [0, 0.05) is 11.2 Å². The summed E-state index contributed by atoms with van der Waals surface area (Å²) in [6, 6.07) is 6.44. The molecule has 1 aromatic rings. The number of fused-ring (bicyclic) bond motifs is 1. The summed E-state index contributed by atoms with van der Waals surface area (Å²) in [4.78, 5) is 0. The Bertz CT molecular complexity index is 591. The van der Waals surface area contributed by atoms with E-state index in [0.717, 1.165) is 43.3 Å². The van der Waals surface area contributed by atoms with Gasteiger partial charge in [0.2, 0.25) is 0 Å². The molecule has 1 aromatic carbocycles. The largest absolute Gasteiger partial charge is 0.317 e. The molecule has 0 spiro atoms. The Morgan fingerprint density at radius 3 is 2.83 bits per heavy atom. The van der Waals surface area contributed by atoms with E-state index in [9.17, 15) is 0 Å². The molecular weight excluding hydrogens is 308 g/mol. The molecule has 1 unspecified atom stereocenters. The van der Waals surface area contributed by atoms with Gasteiger partial charge in [-0.15, -0.1) is 0 Å². The number of nitrogens with one attached hydrogen (secondary N) is 2. The van der Waals surface area contributed by atoms with Crippen molar-refractivity contribution in [1.29, 1.82) is 0 Å². The van der Waals surface area contributed by atoms with E-state index in [2.05, 4.69) is 29.0 Å². The lowest BCUT2D eigenvalue weighted by Gasteiger charge is -2.31. The minimum atomic E-state index is 0.577. The number of hydrogen-bond donors (Lipinski definition) is 3. The fourth-order valence-corrected chi connectivity index (χ4v) is 4.18. The van der Waals surface area contributed by atoms with Crippen LogP contribution in [0.5, 0.6) is 0 Å². The lowest BCUT2D eigenvalue weighted by molar-refractivity contribution is 0.214. The SMILES string of the molecule is ON/C=C\C=C1\CCc2cc(Cl)ccc2C(C2CCNCC2)C1. The molecule has 1 aliphatic carbocycles. The van der Waals surface area contributed by atoms with Crippen LogP contribution in [-0.4, -0.2) is 18.3 Å². The third-order valence-electron chi connectivity index (χ3n) is 5.16. The molecule has 2 aliphatic rings. The van der Waals surface area contributed by atoms with Gasteiger partial charge in [0.1, 0.15) is 0 Å². The standard InChI is InChI=1S/C19H25ClN2O/c20-17-5-6-18-16(13-17)4-3-14(2-1-9-22-23)12-19(18)15-7-10-21-11-8-15/h1-2,5-6,9,13,15,19,21-23H,3-4,7-8,10-12H2/b9-1-,14-2-. The zero-order valence-electron chi connectivity index (χ0n) is 13.4. The van der Waals surface area contributed by atoms with Crippen molar-refractivity contribution < 1.29 is 5.21 Å². The van der Waals surface area contributed by atoms with Crippen molar-refractivity contribution >= 4 is 11.6 Å². The molecule has 3 nitrogen and oxygen atoms in total. The van der Waals surface area contributed by atoms with Crippen molar-refractivity contribution in [3.8, 4) is 0 Å². The lowest BCUT2D eigenvalue weighted by atomic mass is 9.77. The first-order valence-electron chi connectivity index (χ1n) is 8.51. The Hall–Kier alpha value is -1.29. The maximum absolute atomic E-state index is 8.69. The van der Waals surface area contributed by atoms with Crippen molar-refractivity contribution in [2.75, 3.05) is 13.1 Å². The predicted octanol–water partition coefficient (Wildman–Crippen LogP) is 4.18. The maximum Gasteiger partial charge on any atom is 0.0408 e. The summed E-state index contributed by atoms with van der Waals surface area (Å²) >= 11 is 6.23. The van der Waals surface area contributed by atoms with Gasteiger partial charge < -0.3 is 5.32 Å². The van der Waals surface area contributed by atoms with Crippen LogP contribution in [0.2, 0.25) is 5.02 Å². The number of benzene rings is 1. The molecule has 1 saturated heterocycles. The van der Waals surface area contributed by atoms with Crippen molar-refractivity contribution in [2.45, 2.75) is 38.0 Å². The molecule has 1 aliphatic heterocycles. The summed E-state index contributed by atoms with van der Waals surface area (Å²) in [5.41, 5.74) is 6.43. The molecule has 0 aromatic heterocycles. The molecule has 0 radical (unpaired) electrons. The molecule has 0 bridgehead atoms. The summed E-state index contributed by atoms with van der Waals surface area (Å²) in [6.07, 6.45) is 11.3. The molecule has 124 valence electrons. The van der Waals surface area contributed by atoms with Gasteiger partial charge in [-0.25, -0.2) is 0 Å². The molecular formula is C19H25ClN2O. The maximum atomic E-state index is 8.69. The molecule has 0 amide bonds. The van der Waals surface area contributed by atoms with Crippen LogP contribution < -0.4 is 10.8 Å². The number of piperidine rings is 1. The third kappa shape index (κ3) is 4.17. The van der Waals surface area contributed by atoms with Gasteiger partial charge >= 0.3 is 0 Å². The zero-order chi connectivity index (χ0) is 16.1. The fourth-order valence-electron chi connectivity index (χ4n) is 3.99. The number of aryl methyl sites for hydroxylation is 1. The summed E-state index contributed by atoms with van der Waals surface area (Å²) in [5, 5.41) is 13.0. The first-order valence-corrected chi connectivity index (χ1v) is 8.89. The van der Waals surface area contributed by atoms with Gasteiger partial charge in [-0.1, -0.05) is 29.3 Å². The quantitative estimate of drug-likeness (QED) is 0.574. The first kappa shape index (κ1) is 16.6. The van der Waals surface area contributed by atoms with E-state index in [1.54, 1.807) is 6.20 Å². The molecule has 3 rings (SSSR count). The van der Waals surface area contributed by atoms with Crippen LogP contribution in [0.15, 0.2) is 42.1 Å². The Labute approximate surface area is 143 Å². The average Bonchev–Trinajstić information content (AvgIpc) is 2.75. The minimum Gasteiger partial charge on any atom is -0.317 e. The van der Waals surface area contributed by atoms with Crippen molar-refractivity contribution in [3.05, 3.63) is 58.3 Å². The second-order valence-electron chi connectivity index (χ2n) is 6.55. The number of allylic oxidation sites excluding steroid dienone is 3. The van der Waals surface area contributed by atoms with Crippen LogP contribution in [0, 0.1) is 5.92 Å². The number of rotatable bonds is 3. The predicted molar refractivity (Wildman–Crippen MR) is 94.9 cm³/mol. The number of hydrogen-bond acceptors (Lipinski definition) is 3. The fraction of sp³-hybridized carbons (Fsp3) is 0.474.